The van der Waals surface area contributed by atoms with Gasteiger partial charge >= 0.3 is 0 Å². The lowest BCUT2D eigenvalue weighted by Gasteiger charge is -2.37. The van der Waals surface area contributed by atoms with Gasteiger partial charge in [-0.2, -0.15) is 0 Å². The van der Waals surface area contributed by atoms with Gasteiger partial charge < -0.3 is 4.90 Å². The highest BCUT2D eigenvalue weighted by molar-refractivity contribution is 4.80. The summed E-state index contributed by atoms with van der Waals surface area (Å²) in [5, 5.41) is 0. The lowest BCUT2D eigenvalue weighted by atomic mass is 9.76. The molecule has 2 aliphatic carbocycles. The van der Waals surface area contributed by atoms with Crippen LogP contribution in [-0.2, 0) is 0 Å². The summed E-state index contributed by atoms with van der Waals surface area (Å²) >= 11 is 0. The summed E-state index contributed by atoms with van der Waals surface area (Å²) in [4.78, 5) is 2.68. The Morgan fingerprint density at radius 1 is 0.722 bits per heavy atom. The zero-order valence-electron chi connectivity index (χ0n) is 12.7. The SMILES string of the molecule is CCN(CC)C1CCC(CC2CCCCC2)CC1. The van der Waals surface area contributed by atoms with Gasteiger partial charge in [-0.15, -0.1) is 0 Å². The molecular formula is C17H33N. The van der Waals surface area contributed by atoms with Crippen LogP contribution in [-0.4, -0.2) is 24.0 Å². The minimum absolute atomic E-state index is 0.905. The fourth-order valence-electron chi connectivity index (χ4n) is 4.38. The van der Waals surface area contributed by atoms with Gasteiger partial charge in [-0.05, 0) is 57.0 Å². The standard InChI is InChI=1S/C17H33N/c1-3-18(4-2)17-12-10-16(11-13-17)14-15-8-6-5-7-9-15/h15-17H,3-14H2,1-2H3. The van der Waals surface area contributed by atoms with E-state index < -0.39 is 0 Å². The van der Waals surface area contributed by atoms with Crippen LogP contribution in [0.5, 0.6) is 0 Å². The summed E-state index contributed by atoms with van der Waals surface area (Å²) in [7, 11) is 0. The first-order valence-electron chi connectivity index (χ1n) is 8.57. The molecule has 1 nitrogen and oxygen atoms in total. The third kappa shape index (κ3) is 3.98. The van der Waals surface area contributed by atoms with Crippen molar-refractivity contribution < 1.29 is 0 Å². The van der Waals surface area contributed by atoms with Gasteiger partial charge in [0, 0.05) is 6.04 Å². The van der Waals surface area contributed by atoms with E-state index in [1.54, 1.807) is 6.42 Å². The van der Waals surface area contributed by atoms with Crippen LogP contribution in [0.25, 0.3) is 0 Å². The van der Waals surface area contributed by atoms with E-state index in [1.807, 2.05) is 0 Å². The van der Waals surface area contributed by atoms with Crippen molar-refractivity contribution in [3.8, 4) is 0 Å². The van der Waals surface area contributed by atoms with Crippen LogP contribution in [0, 0.1) is 11.8 Å². The molecule has 2 aliphatic rings. The third-order valence-corrected chi connectivity index (χ3v) is 5.54. The Bertz CT molecular complexity index is 208. The Labute approximate surface area is 114 Å². The van der Waals surface area contributed by atoms with Gasteiger partial charge in [0.15, 0.2) is 0 Å². The molecular weight excluding hydrogens is 218 g/mol. The largest absolute Gasteiger partial charge is 0.301 e. The molecule has 0 aromatic carbocycles. The summed E-state index contributed by atoms with van der Waals surface area (Å²) in [5.74, 6) is 2.16. The Balaban J connectivity index is 1.69. The molecule has 0 heterocycles. The first-order chi connectivity index (χ1) is 8.83. The molecule has 0 spiro atoms. The molecule has 0 bridgehead atoms. The van der Waals surface area contributed by atoms with E-state index >= 15 is 0 Å². The quantitative estimate of drug-likeness (QED) is 0.674. The molecule has 0 aromatic heterocycles. The molecule has 0 aliphatic heterocycles. The van der Waals surface area contributed by atoms with Crippen molar-refractivity contribution in [1.82, 2.24) is 4.90 Å². The molecule has 0 radical (unpaired) electrons. The van der Waals surface area contributed by atoms with Gasteiger partial charge in [0.25, 0.3) is 0 Å². The van der Waals surface area contributed by atoms with Crippen molar-refractivity contribution in [3.63, 3.8) is 0 Å². The van der Waals surface area contributed by atoms with E-state index in [4.69, 9.17) is 0 Å². The first-order valence-corrected chi connectivity index (χ1v) is 8.57. The van der Waals surface area contributed by atoms with E-state index in [0.29, 0.717) is 0 Å². The van der Waals surface area contributed by atoms with Gasteiger partial charge in [-0.3, -0.25) is 0 Å². The summed E-state index contributed by atoms with van der Waals surface area (Å²) in [6.07, 6.45) is 15.1. The molecule has 0 N–H and O–H groups in total. The zero-order valence-corrected chi connectivity index (χ0v) is 12.7. The number of hydrogen-bond acceptors (Lipinski definition) is 1. The zero-order chi connectivity index (χ0) is 12.8. The van der Waals surface area contributed by atoms with Gasteiger partial charge in [0.1, 0.15) is 0 Å². The second-order valence-corrected chi connectivity index (χ2v) is 6.64. The van der Waals surface area contributed by atoms with Crippen molar-refractivity contribution in [2.45, 2.75) is 84.1 Å². The third-order valence-electron chi connectivity index (χ3n) is 5.54. The van der Waals surface area contributed by atoms with Gasteiger partial charge in [0.2, 0.25) is 0 Å². The molecule has 1 heteroatoms. The van der Waals surface area contributed by atoms with E-state index in [-0.39, 0.29) is 0 Å². The predicted octanol–water partition coefficient (Wildman–Crippen LogP) is 4.86. The van der Waals surface area contributed by atoms with Crippen molar-refractivity contribution in [2.24, 2.45) is 11.8 Å². The minimum Gasteiger partial charge on any atom is -0.301 e. The van der Waals surface area contributed by atoms with E-state index in [9.17, 15) is 0 Å². The van der Waals surface area contributed by atoms with Crippen molar-refractivity contribution >= 4 is 0 Å². The molecule has 0 amide bonds. The maximum atomic E-state index is 2.68. The Hall–Kier alpha value is -0.0400. The van der Waals surface area contributed by atoms with Crippen LogP contribution in [0.2, 0.25) is 0 Å². The molecule has 18 heavy (non-hydrogen) atoms. The topological polar surface area (TPSA) is 3.24 Å². The van der Waals surface area contributed by atoms with E-state index in [1.165, 1.54) is 70.9 Å². The summed E-state index contributed by atoms with van der Waals surface area (Å²) in [6, 6.07) is 0.905. The molecule has 0 saturated heterocycles. The average Bonchev–Trinajstić information content (AvgIpc) is 2.43. The number of rotatable bonds is 5. The Morgan fingerprint density at radius 3 is 1.83 bits per heavy atom. The lowest BCUT2D eigenvalue weighted by Crippen LogP contribution is -2.38. The van der Waals surface area contributed by atoms with Crippen LogP contribution >= 0.6 is 0 Å². The second-order valence-electron chi connectivity index (χ2n) is 6.64. The summed E-state index contributed by atoms with van der Waals surface area (Å²) < 4.78 is 0. The van der Waals surface area contributed by atoms with Gasteiger partial charge in [0.05, 0.1) is 0 Å². The monoisotopic (exact) mass is 251 g/mol. The molecule has 106 valence electrons. The van der Waals surface area contributed by atoms with E-state index in [2.05, 4.69) is 18.7 Å². The van der Waals surface area contributed by atoms with Crippen molar-refractivity contribution in [3.05, 3.63) is 0 Å². The van der Waals surface area contributed by atoms with Crippen LogP contribution in [0.1, 0.15) is 78.1 Å². The maximum absolute atomic E-state index is 2.68. The predicted molar refractivity (Wildman–Crippen MR) is 79.9 cm³/mol. The molecule has 0 unspecified atom stereocenters. The average molecular weight is 251 g/mol. The van der Waals surface area contributed by atoms with Crippen LogP contribution in [0.15, 0.2) is 0 Å². The minimum atomic E-state index is 0.905. The first kappa shape index (κ1) is 14.4. The van der Waals surface area contributed by atoms with Crippen LogP contribution in [0.3, 0.4) is 0 Å². The molecule has 2 saturated carbocycles. The maximum Gasteiger partial charge on any atom is 0.00952 e. The highest BCUT2D eigenvalue weighted by Crippen LogP contribution is 2.36. The van der Waals surface area contributed by atoms with Crippen LogP contribution < -0.4 is 0 Å². The smallest absolute Gasteiger partial charge is 0.00952 e. The van der Waals surface area contributed by atoms with Crippen LogP contribution in [0.4, 0.5) is 0 Å². The molecule has 0 atom stereocenters. The van der Waals surface area contributed by atoms with Crippen molar-refractivity contribution in [2.75, 3.05) is 13.1 Å². The fourth-order valence-corrected chi connectivity index (χ4v) is 4.38. The summed E-state index contributed by atoms with van der Waals surface area (Å²) in [6.45, 7) is 7.12. The number of hydrogen-bond donors (Lipinski definition) is 0. The lowest BCUT2D eigenvalue weighted by molar-refractivity contribution is 0.135. The highest BCUT2D eigenvalue weighted by atomic mass is 15.1. The second kappa shape index (κ2) is 7.53. The normalized spacial score (nSPS) is 30.8. The Kier molecular flexibility index (Phi) is 6.01. The van der Waals surface area contributed by atoms with Crippen molar-refractivity contribution in [1.29, 1.82) is 0 Å². The Morgan fingerprint density at radius 2 is 1.28 bits per heavy atom. The fraction of sp³-hybridized carbons (Fsp3) is 1.00. The molecule has 2 fully saturated rings. The van der Waals surface area contributed by atoms with Gasteiger partial charge in [-0.25, -0.2) is 0 Å². The molecule has 0 aromatic rings. The van der Waals surface area contributed by atoms with E-state index in [0.717, 1.165) is 17.9 Å². The number of nitrogens with zero attached hydrogens (tertiary/aromatic N) is 1. The van der Waals surface area contributed by atoms with Gasteiger partial charge in [-0.1, -0.05) is 46.0 Å². The summed E-state index contributed by atoms with van der Waals surface area (Å²) in [5.41, 5.74) is 0. The molecule has 2 rings (SSSR count). The highest BCUT2D eigenvalue weighted by Gasteiger charge is 2.26.